The van der Waals surface area contributed by atoms with Gasteiger partial charge in [0.1, 0.15) is 0 Å². The lowest BCUT2D eigenvalue weighted by Crippen LogP contribution is -2.44. The monoisotopic (exact) mass is 457 g/mol. The number of likely N-dealkylation sites (N-methyl/N-ethyl adjacent to an activating group) is 1. The van der Waals surface area contributed by atoms with Gasteiger partial charge in [0.15, 0.2) is 5.69 Å². The summed E-state index contributed by atoms with van der Waals surface area (Å²) < 4.78 is 42.7. The average Bonchev–Trinajstić information content (AvgIpc) is 3.21. The van der Waals surface area contributed by atoms with Gasteiger partial charge in [0.05, 0.1) is 17.4 Å². The van der Waals surface area contributed by atoms with Crippen LogP contribution in [0.4, 0.5) is 24.5 Å². The van der Waals surface area contributed by atoms with E-state index in [1.807, 2.05) is 13.0 Å². The minimum Gasteiger partial charge on any atom is -0.369 e. The Labute approximate surface area is 190 Å². The number of aromatic nitrogens is 2. The van der Waals surface area contributed by atoms with Gasteiger partial charge in [-0.05, 0) is 56.3 Å². The van der Waals surface area contributed by atoms with Gasteiger partial charge < -0.3 is 15.1 Å². The molecule has 1 N–H and O–H groups in total. The quantitative estimate of drug-likeness (QED) is 0.626. The van der Waals surface area contributed by atoms with E-state index in [0.29, 0.717) is 11.3 Å². The minimum atomic E-state index is -4.76. The molecule has 33 heavy (non-hydrogen) atoms. The third-order valence-corrected chi connectivity index (χ3v) is 5.92. The van der Waals surface area contributed by atoms with Gasteiger partial charge in [0, 0.05) is 37.6 Å². The van der Waals surface area contributed by atoms with E-state index in [4.69, 9.17) is 0 Å². The van der Waals surface area contributed by atoms with Crippen molar-refractivity contribution in [3.05, 3.63) is 71.0 Å². The van der Waals surface area contributed by atoms with E-state index in [-0.39, 0.29) is 5.69 Å². The number of carbonyl (C=O) groups excluding carboxylic acids is 1. The lowest BCUT2D eigenvalue weighted by molar-refractivity contribution is -0.143. The Hall–Kier alpha value is -3.33. The van der Waals surface area contributed by atoms with Gasteiger partial charge in [-0.1, -0.05) is 18.2 Å². The maximum atomic E-state index is 14.0. The maximum absolute atomic E-state index is 14.0. The first-order valence-electron chi connectivity index (χ1n) is 10.7. The molecule has 1 saturated heterocycles. The molecule has 2 heterocycles. The molecule has 1 aliphatic rings. The second-order valence-electron chi connectivity index (χ2n) is 8.35. The van der Waals surface area contributed by atoms with Crippen molar-refractivity contribution in [1.82, 2.24) is 14.7 Å². The van der Waals surface area contributed by atoms with Gasteiger partial charge in [-0.25, -0.2) is 4.68 Å². The number of rotatable bonds is 4. The van der Waals surface area contributed by atoms with E-state index < -0.39 is 23.3 Å². The summed E-state index contributed by atoms with van der Waals surface area (Å²) in [6.07, 6.45) is -3.79. The fourth-order valence-electron chi connectivity index (χ4n) is 4.10. The summed E-state index contributed by atoms with van der Waals surface area (Å²) in [4.78, 5) is 17.4. The SMILES string of the molecule is Cc1cc(NC(=O)c2cnn(-c3ccccc3C)c2C(F)(F)F)ccc1N1CCN(C)CC1. The molecule has 0 saturated carbocycles. The van der Waals surface area contributed by atoms with Crippen LogP contribution in [0.5, 0.6) is 0 Å². The Bertz CT molecular complexity index is 1160. The van der Waals surface area contributed by atoms with Gasteiger partial charge in [0.2, 0.25) is 0 Å². The highest BCUT2D eigenvalue weighted by atomic mass is 19.4. The molecule has 6 nitrogen and oxygen atoms in total. The summed E-state index contributed by atoms with van der Waals surface area (Å²) in [7, 11) is 2.08. The lowest BCUT2D eigenvalue weighted by Gasteiger charge is -2.35. The molecule has 0 atom stereocenters. The van der Waals surface area contributed by atoms with Crippen LogP contribution in [-0.4, -0.2) is 53.8 Å². The van der Waals surface area contributed by atoms with Crippen LogP contribution in [0.15, 0.2) is 48.7 Å². The normalized spacial score (nSPS) is 15.0. The number of anilines is 2. The van der Waals surface area contributed by atoms with Crippen LogP contribution in [0, 0.1) is 13.8 Å². The van der Waals surface area contributed by atoms with E-state index in [1.54, 1.807) is 43.3 Å². The molecule has 1 aliphatic heterocycles. The van der Waals surface area contributed by atoms with Crippen molar-refractivity contribution in [3.8, 4) is 5.69 Å². The molecular weight excluding hydrogens is 431 g/mol. The molecule has 2 aromatic carbocycles. The Kier molecular flexibility index (Phi) is 6.16. The Morgan fingerprint density at radius 1 is 0.970 bits per heavy atom. The summed E-state index contributed by atoms with van der Waals surface area (Å²) in [6, 6.07) is 12.0. The first kappa shape index (κ1) is 22.8. The first-order valence-corrected chi connectivity index (χ1v) is 10.7. The van der Waals surface area contributed by atoms with Gasteiger partial charge in [-0.15, -0.1) is 0 Å². The van der Waals surface area contributed by atoms with Crippen molar-refractivity contribution in [2.24, 2.45) is 0 Å². The van der Waals surface area contributed by atoms with Gasteiger partial charge in [-0.2, -0.15) is 18.3 Å². The standard InChI is InChI=1S/C24H26F3N5O/c1-16-6-4-5-7-21(16)32-22(24(25,26)27)19(15-28-32)23(33)29-18-8-9-20(17(2)14-18)31-12-10-30(3)11-13-31/h4-9,14-15H,10-13H2,1-3H3,(H,29,33). The number of alkyl halides is 3. The summed E-state index contributed by atoms with van der Waals surface area (Å²) in [6.45, 7) is 7.35. The first-order chi connectivity index (χ1) is 15.6. The molecule has 3 aromatic rings. The van der Waals surface area contributed by atoms with Gasteiger partial charge in [-0.3, -0.25) is 4.79 Å². The molecule has 0 spiro atoms. The van der Waals surface area contributed by atoms with Crippen LogP contribution in [0.25, 0.3) is 5.69 Å². The highest BCUT2D eigenvalue weighted by Gasteiger charge is 2.40. The average molecular weight is 458 g/mol. The van der Waals surface area contributed by atoms with Crippen molar-refractivity contribution in [2.75, 3.05) is 43.4 Å². The zero-order valence-electron chi connectivity index (χ0n) is 18.8. The molecule has 9 heteroatoms. The molecule has 0 unspecified atom stereocenters. The Morgan fingerprint density at radius 2 is 1.67 bits per heavy atom. The third-order valence-electron chi connectivity index (χ3n) is 5.92. The molecule has 0 bridgehead atoms. The predicted octanol–water partition coefficient (Wildman–Crippen LogP) is 4.51. The number of halogens is 3. The third kappa shape index (κ3) is 4.73. The zero-order chi connectivity index (χ0) is 23.8. The van der Waals surface area contributed by atoms with Crippen molar-refractivity contribution >= 4 is 17.3 Å². The zero-order valence-corrected chi connectivity index (χ0v) is 18.8. The Morgan fingerprint density at radius 3 is 2.30 bits per heavy atom. The fourth-order valence-corrected chi connectivity index (χ4v) is 4.10. The van der Waals surface area contributed by atoms with Gasteiger partial charge >= 0.3 is 6.18 Å². The smallest absolute Gasteiger partial charge is 0.369 e. The minimum absolute atomic E-state index is 0.274. The largest absolute Gasteiger partial charge is 0.434 e. The second kappa shape index (κ2) is 8.90. The van der Waals surface area contributed by atoms with Gasteiger partial charge in [0.25, 0.3) is 5.91 Å². The second-order valence-corrected chi connectivity index (χ2v) is 8.35. The van der Waals surface area contributed by atoms with Crippen LogP contribution in [0.2, 0.25) is 0 Å². The lowest BCUT2D eigenvalue weighted by atomic mass is 10.1. The number of nitrogens with zero attached hydrogens (tertiary/aromatic N) is 4. The van der Waals surface area contributed by atoms with E-state index in [2.05, 4.69) is 27.3 Å². The highest BCUT2D eigenvalue weighted by molar-refractivity contribution is 6.05. The van der Waals surface area contributed by atoms with E-state index in [0.717, 1.165) is 48.3 Å². The fraction of sp³-hybridized carbons (Fsp3) is 0.333. The van der Waals surface area contributed by atoms with E-state index >= 15 is 0 Å². The molecule has 1 amide bonds. The number of benzene rings is 2. The number of hydrogen-bond acceptors (Lipinski definition) is 4. The number of hydrogen-bond donors (Lipinski definition) is 1. The van der Waals surface area contributed by atoms with Crippen LogP contribution in [0.1, 0.15) is 27.2 Å². The summed E-state index contributed by atoms with van der Waals surface area (Å²) >= 11 is 0. The number of piperazine rings is 1. The predicted molar refractivity (Wildman–Crippen MR) is 122 cm³/mol. The van der Waals surface area contributed by atoms with E-state index in [1.165, 1.54) is 0 Å². The molecule has 1 fully saturated rings. The number of aryl methyl sites for hydroxylation is 2. The van der Waals surface area contributed by atoms with Crippen LogP contribution in [-0.2, 0) is 6.18 Å². The molecule has 4 rings (SSSR count). The summed E-state index contributed by atoms with van der Waals surface area (Å²) in [5, 5.41) is 6.51. The highest BCUT2D eigenvalue weighted by Crippen LogP contribution is 2.35. The summed E-state index contributed by atoms with van der Waals surface area (Å²) in [5.74, 6) is -0.853. The number of nitrogens with one attached hydrogen (secondary N) is 1. The topological polar surface area (TPSA) is 53.4 Å². The summed E-state index contributed by atoms with van der Waals surface area (Å²) in [5.41, 5.74) is 1.72. The van der Waals surface area contributed by atoms with Crippen molar-refractivity contribution in [3.63, 3.8) is 0 Å². The Balaban J connectivity index is 1.60. The number of para-hydroxylation sites is 1. The van der Waals surface area contributed by atoms with Crippen molar-refractivity contribution in [2.45, 2.75) is 20.0 Å². The van der Waals surface area contributed by atoms with Crippen LogP contribution < -0.4 is 10.2 Å². The van der Waals surface area contributed by atoms with Crippen LogP contribution >= 0.6 is 0 Å². The molecule has 0 radical (unpaired) electrons. The molecule has 1 aromatic heterocycles. The molecule has 0 aliphatic carbocycles. The van der Waals surface area contributed by atoms with Crippen molar-refractivity contribution in [1.29, 1.82) is 0 Å². The molecular formula is C24H26F3N5O. The number of amides is 1. The van der Waals surface area contributed by atoms with Crippen LogP contribution in [0.3, 0.4) is 0 Å². The number of carbonyl (C=O) groups is 1. The van der Waals surface area contributed by atoms with Crippen molar-refractivity contribution < 1.29 is 18.0 Å². The van der Waals surface area contributed by atoms with E-state index in [9.17, 15) is 18.0 Å². The molecule has 174 valence electrons. The maximum Gasteiger partial charge on any atom is 0.434 e.